The second kappa shape index (κ2) is 7.08. The predicted octanol–water partition coefficient (Wildman–Crippen LogP) is 4.62. The van der Waals surface area contributed by atoms with Crippen LogP contribution in [0.15, 0.2) is 12.1 Å². The van der Waals surface area contributed by atoms with Crippen LogP contribution in [0.1, 0.15) is 30.9 Å². The van der Waals surface area contributed by atoms with E-state index in [0.29, 0.717) is 5.69 Å². The van der Waals surface area contributed by atoms with Crippen LogP contribution in [0.3, 0.4) is 0 Å². The van der Waals surface area contributed by atoms with E-state index in [-0.39, 0.29) is 43.8 Å². The number of nitrogens with zero attached hydrogens (tertiary/aromatic N) is 1. The Kier molecular flexibility index (Phi) is 6.36. The van der Waals surface area contributed by atoms with Crippen molar-refractivity contribution < 1.29 is 37.5 Å². The van der Waals surface area contributed by atoms with Crippen molar-refractivity contribution in [1.29, 1.82) is 0 Å². The molecule has 0 heterocycles. The van der Waals surface area contributed by atoms with Gasteiger partial charge in [-0.3, -0.25) is 4.79 Å². The monoisotopic (exact) mass is 392 g/mol. The van der Waals surface area contributed by atoms with Crippen molar-refractivity contribution in [2.45, 2.75) is 38.8 Å². The van der Waals surface area contributed by atoms with Gasteiger partial charge in [0.1, 0.15) is 0 Å². The topological polar surface area (TPSA) is 33.5 Å². The molecule has 115 valence electrons. The van der Waals surface area contributed by atoms with Crippen molar-refractivity contribution in [2.24, 2.45) is 0 Å². The Bertz CT molecular complexity index is 607. The van der Waals surface area contributed by atoms with Gasteiger partial charge in [-0.15, -0.1) is 0 Å². The SMILES string of the molecule is [C-]#[N+]c1cc(C)c(NC(=O)C2([P+](C)(C)CC)CC2)c(C)c1.[Y]. The third-order valence-corrected chi connectivity index (χ3v) is 9.53. The molecule has 0 aliphatic heterocycles. The molecule has 0 unspecified atom stereocenters. The molecule has 0 saturated heterocycles. The number of carbonyl (C=O) groups is 1. The number of benzene rings is 1. The van der Waals surface area contributed by atoms with Crippen LogP contribution in [-0.4, -0.2) is 30.6 Å². The Balaban J connectivity index is 0.00000242. The summed E-state index contributed by atoms with van der Waals surface area (Å²) in [6, 6.07) is 3.69. The number of aryl methyl sites for hydroxylation is 2. The van der Waals surface area contributed by atoms with Crippen molar-refractivity contribution in [3.8, 4) is 0 Å². The molecule has 2 rings (SSSR count). The molecule has 1 aromatic rings. The fourth-order valence-corrected chi connectivity index (χ4v) is 5.49. The molecule has 1 amide bonds. The first kappa shape index (κ1) is 19.8. The van der Waals surface area contributed by atoms with E-state index in [1.807, 2.05) is 26.0 Å². The number of hydrogen-bond donors (Lipinski definition) is 1. The van der Waals surface area contributed by atoms with Crippen LogP contribution in [0, 0.1) is 20.4 Å². The van der Waals surface area contributed by atoms with Crippen LogP contribution in [0.2, 0.25) is 0 Å². The number of anilines is 1. The summed E-state index contributed by atoms with van der Waals surface area (Å²) in [7, 11) is -1.21. The zero-order valence-corrected chi connectivity index (χ0v) is 17.9. The normalized spacial score (nSPS) is 15.5. The number of carbonyl (C=O) groups excluding carboxylic acids is 1. The fourth-order valence-electron chi connectivity index (χ4n) is 2.96. The Labute approximate surface area is 159 Å². The molecule has 1 aromatic carbocycles. The molecule has 1 radical (unpaired) electrons. The molecular formula is C17H24N2OPY+. The fraction of sp³-hybridized carbons (Fsp3) is 0.529. The minimum absolute atomic E-state index is 0. The predicted molar refractivity (Wildman–Crippen MR) is 92.1 cm³/mol. The first-order chi connectivity index (χ1) is 9.77. The molecule has 1 saturated carbocycles. The zero-order chi connectivity index (χ0) is 15.8. The molecule has 0 bridgehead atoms. The molecular weight excluding hydrogens is 368 g/mol. The van der Waals surface area contributed by atoms with Crippen LogP contribution in [-0.2, 0) is 37.5 Å². The van der Waals surface area contributed by atoms with E-state index < -0.39 is 7.26 Å². The Morgan fingerprint density at radius 2 is 1.82 bits per heavy atom. The standard InChI is InChI=1S/C17H23N2OP.Y/c1-7-21(5,6)17(8-9-17)16(20)19-15-12(2)10-14(18-4)11-13(15)3;/h10-11H,7-9H2,1-3,5-6H3;/p+1. The van der Waals surface area contributed by atoms with Gasteiger partial charge >= 0.3 is 0 Å². The first-order valence-electron chi connectivity index (χ1n) is 7.40. The van der Waals surface area contributed by atoms with Crippen molar-refractivity contribution in [2.75, 3.05) is 24.8 Å². The number of rotatable bonds is 4. The van der Waals surface area contributed by atoms with Crippen molar-refractivity contribution >= 4 is 24.5 Å². The van der Waals surface area contributed by atoms with Gasteiger partial charge in [0.2, 0.25) is 0 Å². The summed E-state index contributed by atoms with van der Waals surface area (Å²) in [6.07, 6.45) is 3.15. The summed E-state index contributed by atoms with van der Waals surface area (Å²) < 4.78 is 0. The van der Waals surface area contributed by atoms with Gasteiger partial charge in [0.15, 0.2) is 10.8 Å². The molecule has 22 heavy (non-hydrogen) atoms. The second-order valence-corrected chi connectivity index (χ2v) is 11.4. The van der Waals surface area contributed by atoms with Crippen molar-refractivity contribution in [3.05, 3.63) is 34.7 Å². The van der Waals surface area contributed by atoms with Gasteiger partial charge in [0.05, 0.1) is 12.7 Å². The molecule has 1 aliphatic carbocycles. The van der Waals surface area contributed by atoms with Crippen LogP contribution in [0.5, 0.6) is 0 Å². The summed E-state index contributed by atoms with van der Waals surface area (Å²) in [5.41, 5.74) is 3.45. The van der Waals surface area contributed by atoms with E-state index in [0.717, 1.165) is 35.8 Å². The average molecular weight is 392 g/mol. The maximum atomic E-state index is 12.8. The molecule has 3 nitrogen and oxygen atoms in total. The summed E-state index contributed by atoms with van der Waals surface area (Å²) in [4.78, 5) is 16.3. The third kappa shape index (κ3) is 3.45. The van der Waals surface area contributed by atoms with Gasteiger partial charge in [-0.2, -0.15) is 0 Å². The zero-order valence-electron chi connectivity index (χ0n) is 14.2. The largest absolute Gasteiger partial charge is 0.322 e. The summed E-state index contributed by atoms with van der Waals surface area (Å²) in [5.74, 6) is 0.185. The minimum atomic E-state index is -1.21. The van der Waals surface area contributed by atoms with Gasteiger partial charge in [0, 0.05) is 71.8 Å². The molecule has 0 aromatic heterocycles. The molecule has 5 heteroatoms. The van der Waals surface area contributed by atoms with Crippen LogP contribution >= 0.6 is 7.26 Å². The van der Waals surface area contributed by atoms with E-state index in [2.05, 4.69) is 30.4 Å². The van der Waals surface area contributed by atoms with Gasteiger partial charge < -0.3 is 5.32 Å². The Hall–Kier alpha value is -0.286. The number of amides is 1. The second-order valence-electron chi connectivity index (χ2n) is 6.55. The van der Waals surface area contributed by atoms with E-state index >= 15 is 0 Å². The number of nitrogens with one attached hydrogen (secondary N) is 1. The minimum Gasteiger partial charge on any atom is -0.322 e. The van der Waals surface area contributed by atoms with E-state index in [1.165, 1.54) is 0 Å². The van der Waals surface area contributed by atoms with Crippen molar-refractivity contribution in [1.82, 2.24) is 0 Å². The molecule has 1 fully saturated rings. The van der Waals surface area contributed by atoms with Gasteiger partial charge in [-0.05, 0) is 31.9 Å². The van der Waals surface area contributed by atoms with Gasteiger partial charge in [-0.25, -0.2) is 4.85 Å². The maximum Gasteiger partial charge on any atom is 0.268 e. The third-order valence-electron chi connectivity index (χ3n) is 4.98. The van der Waals surface area contributed by atoms with Crippen molar-refractivity contribution in [3.63, 3.8) is 0 Å². The van der Waals surface area contributed by atoms with Gasteiger partial charge in [-0.1, -0.05) is 12.1 Å². The van der Waals surface area contributed by atoms with Crippen LogP contribution in [0.4, 0.5) is 11.4 Å². The molecule has 1 aliphatic rings. The Morgan fingerprint density at radius 1 is 1.32 bits per heavy atom. The van der Waals surface area contributed by atoms with E-state index in [1.54, 1.807) is 0 Å². The first-order valence-corrected chi connectivity index (χ1v) is 10.3. The molecule has 1 N–H and O–H groups in total. The smallest absolute Gasteiger partial charge is 0.268 e. The van der Waals surface area contributed by atoms with Crippen LogP contribution < -0.4 is 5.32 Å². The number of hydrogen-bond acceptors (Lipinski definition) is 1. The summed E-state index contributed by atoms with van der Waals surface area (Å²) >= 11 is 0. The average Bonchev–Trinajstić information content (AvgIpc) is 3.24. The summed E-state index contributed by atoms with van der Waals surface area (Å²) in [6.45, 7) is 17.8. The van der Waals surface area contributed by atoms with Crippen LogP contribution in [0.25, 0.3) is 4.85 Å². The van der Waals surface area contributed by atoms with E-state index in [9.17, 15) is 4.79 Å². The quantitative estimate of drug-likeness (QED) is 0.589. The summed E-state index contributed by atoms with van der Waals surface area (Å²) in [5, 5.41) is 3.05. The van der Waals surface area contributed by atoms with E-state index in [4.69, 9.17) is 6.57 Å². The molecule has 0 atom stereocenters. The van der Waals surface area contributed by atoms with Gasteiger partial charge in [0.25, 0.3) is 5.91 Å². The molecule has 0 spiro atoms. The maximum absolute atomic E-state index is 12.8. The Morgan fingerprint density at radius 3 is 2.18 bits per heavy atom.